The number of benzene rings is 2. The van der Waals surface area contributed by atoms with Crippen LogP contribution in [0, 0.1) is 0 Å². The molecule has 0 aromatic heterocycles. The lowest BCUT2D eigenvalue weighted by Gasteiger charge is -2.18. The average molecular weight is 397 g/mol. The normalized spacial score (nSPS) is 11.9. The van der Waals surface area contributed by atoms with Crippen molar-refractivity contribution in [3.05, 3.63) is 65.2 Å². The molecule has 0 spiro atoms. The van der Waals surface area contributed by atoms with E-state index in [9.17, 15) is 9.59 Å². The van der Waals surface area contributed by atoms with Gasteiger partial charge in [-0.1, -0.05) is 64.7 Å². The molecule has 150 valence electrons. The molecule has 0 saturated carbocycles. The number of carbonyl (C=O) groups is 2. The van der Waals surface area contributed by atoms with Gasteiger partial charge in [0.2, 0.25) is 0 Å². The minimum Gasteiger partial charge on any atom is -0.494 e. The van der Waals surface area contributed by atoms with Gasteiger partial charge in [0, 0.05) is 19.2 Å². The van der Waals surface area contributed by atoms with Gasteiger partial charge < -0.3 is 4.74 Å². The number of rotatable bonds is 8. The van der Waals surface area contributed by atoms with Crippen LogP contribution in [0.1, 0.15) is 53.5 Å². The third-order valence-corrected chi connectivity index (χ3v) is 6.40. The third kappa shape index (κ3) is 6.75. The van der Waals surface area contributed by atoms with E-state index in [-0.39, 0.29) is 23.4 Å². The van der Waals surface area contributed by atoms with E-state index in [0.717, 1.165) is 11.8 Å². The standard InChI is InChI=1S/C24H32O3Si/c1-24(2,3)20-11-7-18(8-12-20)22(25)17-23(26)19-9-13-21(14-10-19)27-15-16-28(4,5)6/h7-14H,15-17H2,1-6H3. The molecule has 0 atom stereocenters. The molecule has 0 fully saturated rings. The van der Waals surface area contributed by atoms with Gasteiger partial charge in [-0.15, -0.1) is 0 Å². The van der Waals surface area contributed by atoms with Crippen molar-refractivity contribution in [1.82, 2.24) is 0 Å². The summed E-state index contributed by atoms with van der Waals surface area (Å²) in [7, 11) is -1.12. The van der Waals surface area contributed by atoms with Gasteiger partial charge in [-0.2, -0.15) is 0 Å². The van der Waals surface area contributed by atoms with Crippen LogP contribution < -0.4 is 4.74 Å². The Morgan fingerprint density at radius 1 is 0.821 bits per heavy atom. The summed E-state index contributed by atoms with van der Waals surface area (Å²) in [6, 6.07) is 15.7. The van der Waals surface area contributed by atoms with Crippen LogP contribution in [0.3, 0.4) is 0 Å². The summed E-state index contributed by atoms with van der Waals surface area (Å²) in [5, 5.41) is 0. The number of hydrogen-bond donors (Lipinski definition) is 0. The Hall–Kier alpha value is -2.20. The van der Waals surface area contributed by atoms with Gasteiger partial charge >= 0.3 is 0 Å². The van der Waals surface area contributed by atoms with Gasteiger partial charge in [0.1, 0.15) is 5.75 Å². The fourth-order valence-corrected chi connectivity index (χ4v) is 3.43. The Morgan fingerprint density at radius 3 is 1.71 bits per heavy atom. The lowest BCUT2D eigenvalue weighted by molar-refractivity contribution is 0.0894. The predicted octanol–water partition coefficient (Wildman–Crippen LogP) is 6.16. The van der Waals surface area contributed by atoms with Gasteiger partial charge in [0.05, 0.1) is 13.0 Å². The lowest BCUT2D eigenvalue weighted by Crippen LogP contribution is -2.22. The van der Waals surface area contributed by atoms with Gasteiger partial charge in [0.25, 0.3) is 0 Å². The van der Waals surface area contributed by atoms with E-state index >= 15 is 0 Å². The summed E-state index contributed by atoms with van der Waals surface area (Å²) < 4.78 is 5.76. The molecule has 3 nitrogen and oxygen atoms in total. The van der Waals surface area contributed by atoms with E-state index in [2.05, 4.69) is 40.4 Å². The molecule has 0 bridgehead atoms. The minimum atomic E-state index is -1.12. The highest BCUT2D eigenvalue weighted by atomic mass is 28.3. The van der Waals surface area contributed by atoms with E-state index in [4.69, 9.17) is 4.74 Å². The van der Waals surface area contributed by atoms with Crippen molar-refractivity contribution in [3.63, 3.8) is 0 Å². The molecular formula is C24H32O3Si. The Kier molecular flexibility index (Phi) is 6.99. The van der Waals surface area contributed by atoms with Crippen LogP contribution in [0.25, 0.3) is 0 Å². The highest BCUT2D eigenvalue weighted by Gasteiger charge is 2.17. The first kappa shape index (κ1) is 22.1. The van der Waals surface area contributed by atoms with Crippen LogP contribution in [-0.2, 0) is 5.41 Å². The Bertz CT molecular complexity index is 807. The van der Waals surface area contributed by atoms with Crippen molar-refractivity contribution in [2.24, 2.45) is 0 Å². The SMILES string of the molecule is CC(C)(C)c1ccc(C(=O)CC(=O)c2ccc(OCC[Si](C)(C)C)cc2)cc1. The second kappa shape index (κ2) is 8.87. The maximum atomic E-state index is 12.5. The summed E-state index contributed by atoms with van der Waals surface area (Å²) in [5.74, 6) is 0.443. The maximum absolute atomic E-state index is 12.5. The molecule has 2 aromatic carbocycles. The van der Waals surface area contributed by atoms with Gasteiger partial charge in [0.15, 0.2) is 11.6 Å². The molecule has 0 saturated heterocycles. The number of ketones is 2. The Balaban J connectivity index is 1.94. The quantitative estimate of drug-likeness (QED) is 0.305. The van der Waals surface area contributed by atoms with Crippen molar-refractivity contribution < 1.29 is 14.3 Å². The fraction of sp³-hybridized carbons (Fsp3) is 0.417. The fourth-order valence-electron chi connectivity index (χ4n) is 2.72. The highest BCUT2D eigenvalue weighted by Crippen LogP contribution is 2.23. The van der Waals surface area contributed by atoms with Gasteiger partial charge in [-0.25, -0.2) is 0 Å². The summed E-state index contributed by atoms with van der Waals surface area (Å²) >= 11 is 0. The van der Waals surface area contributed by atoms with Gasteiger partial charge in [-0.05, 0) is 41.3 Å². The zero-order valence-electron chi connectivity index (χ0n) is 18.0. The molecule has 2 rings (SSSR count). The maximum Gasteiger partial charge on any atom is 0.170 e. The van der Waals surface area contributed by atoms with Crippen molar-refractivity contribution in [2.75, 3.05) is 6.61 Å². The van der Waals surface area contributed by atoms with Crippen molar-refractivity contribution >= 4 is 19.6 Å². The molecule has 0 aliphatic rings. The van der Waals surface area contributed by atoms with E-state index < -0.39 is 8.07 Å². The molecular weight excluding hydrogens is 364 g/mol. The monoisotopic (exact) mass is 396 g/mol. The number of hydrogen-bond acceptors (Lipinski definition) is 3. The molecule has 4 heteroatoms. The summed E-state index contributed by atoms with van der Waals surface area (Å²) in [6.07, 6.45) is -0.120. The first-order valence-electron chi connectivity index (χ1n) is 9.85. The summed E-state index contributed by atoms with van der Waals surface area (Å²) in [6.45, 7) is 14.0. The predicted molar refractivity (Wildman–Crippen MR) is 119 cm³/mol. The third-order valence-electron chi connectivity index (χ3n) is 4.69. The highest BCUT2D eigenvalue weighted by molar-refractivity contribution is 6.76. The Labute approximate surface area is 170 Å². The lowest BCUT2D eigenvalue weighted by atomic mass is 9.86. The smallest absolute Gasteiger partial charge is 0.170 e. The molecule has 0 heterocycles. The van der Waals surface area contributed by atoms with Gasteiger partial charge in [-0.3, -0.25) is 9.59 Å². The Morgan fingerprint density at radius 2 is 1.29 bits per heavy atom. The van der Waals surface area contributed by atoms with Crippen LogP contribution in [0.15, 0.2) is 48.5 Å². The number of carbonyl (C=O) groups excluding carboxylic acids is 2. The van der Waals surface area contributed by atoms with Crippen LogP contribution in [0.5, 0.6) is 5.75 Å². The minimum absolute atomic E-state index is 0.0380. The van der Waals surface area contributed by atoms with E-state index in [0.29, 0.717) is 17.7 Å². The van der Waals surface area contributed by atoms with Crippen molar-refractivity contribution in [3.8, 4) is 5.75 Å². The molecule has 0 amide bonds. The van der Waals surface area contributed by atoms with E-state index in [1.54, 1.807) is 24.3 Å². The molecule has 0 radical (unpaired) electrons. The topological polar surface area (TPSA) is 43.4 Å². The van der Waals surface area contributed by atoms with Crippen molar-refractivity contribution in [1.29, 1.82) is 0 Å². The second-order valence-electron chi connectivity index (χ2n) is 9.53. The van der Waals surface area contributed by atoms with Crippen molar-refractivity contribution in [2.45, 2.75) is 58.3 Å². The summed E-state index contributed by atoms with van der Waals surface area (Å²) in [4.78, 5) is 24.9. The van der Waals surface area contributed by atoms with E-state index in [1.807, 2.05) is 24.3 Å². The average Bonchev–Trinajstić information content (AvgIpc) is 2.60. The molecule has 28 heavy (non-hydrogen) atoms. The van der Waals surface area contributed by atoms with Crippen LogP contribution in [-0.4, -0.2) is 26.2 Å². The van der Waals surface area contributed by atoms with Crippen LogP contribution in [0.4, 0.5) is 0 Å². The molecule has 0 aliphatic heterocycles. The number of ether oxygens (including phenoxy) is 1. The zero-order valence-corrected chi connectivity index (χ0v) is 19.0. The molecule has 2 aromatic rings. The first-order valence-corrected chi connectivity index (χ1v) is 13.6. The molecule has 0 N–H and O–H groups in total. The largest absolute Gasteiger partial charge is 0.494 e. The second-order valence-corrected chi connectivity index (χ2v) is 15.2. The molecule has 0 aliphatic carbocycles. The molecule has 0 unspecified atom stereocenters. The first-order chi connectivity index (χ1) is 13.0. The van der Waals surface area contributed by atoms with Crippen LogP contribution >= 0.6 is 0 Å². The van der Waals surface area contributed by atoms with E-state index in [1.165, 1.54) is 5.56 Å². The van der Waals surface area contributed by atoms with Crippen LogP contribution in [0.2, 0.25) is 25.7 Å². The summed E-state index contributed by atoms with van der Waals surface area (Å²) in [5.41, 5.74) is 2.32. The zero-order chi connectivity index (χ0) is 20.9. The number of Topliss-reactive ketones (excluding diaryl/α,β-unsaturated/α-hetero) is 2.